The van der Waals surface area contributed by atoms with Crippen molar-refractivity contribution in [1.29, 1.82) is 0 Å². The number of rotatable bonds is 5. The third-order valence-corrected chi connectivity index (χ3v) is 3.57. The topological polar surface area (TPSA) is 12.0 Å². The van der Waals surface area contributed by atoms with E-state index in [1.807, 2.05) is 0 Å². The molecule has 1 aromatic rings. The first-order valence-corrected chi connectivity index (χ1v) is 6.89. The molecule has 3 heteroatoms. The van der Waals surface area contributed by atoms with Crippen molar-refractivity contribution in [2.75, 3.05) is 6.54 Å². The van der Waals surface area contributed by atoms with Gasteiger partial charge >= 0.3 is 0 Å². The molecule has 0 amide bonds. The van der Waals surface area contributed by atoms with Crippen molar-refractivity contribution in [3.63, 3.8) is 0 Å². The Morgan fingerprint density at radius 3 is 2.50 bits per heavy atom. The van der Waals surface area contributed by atoms with Crippen LogP contribution in [-0.4, -0.2) is 12.6 Å². The van der Waals surface area contributed by atoms with E-state index in [1.54, 1.807) is 6.07 Å². The van der Waals surface area contributed by atoms with Crippen LogP contribution in [0.2, 0.25) is 5.02 Å². The van der Waals surface area contributed by atoms with Gasteiger partial charge in [0.1, 0.15) is 5.82 Å². The predicted molar refractivity (Wildman–Crippen MR) is 76.7 cm³/mol. The number of halogens is 2. The summed E-state index contributed by atoms with van der Waals surface area (Å²) in [6.07, 6.45) is 1.87. The molecule has 0 aliphatic heterocycles. The lowest BCUT2D eigenvalue weighted by molar-refractivity contribution is 0.258. The molecule has 18 heavy (non-hydrogen) atoms. The fourth-order valence-electron chi connectivity index (χ4n) is 2.11. The van der Waals surface area contributed by atoms with Gasteiger partial charge in [-0.25, -0.2) is 4.39 Å². The molecule has 0 saturated heterocycles. The van der Waals surface area contributed by atoms with Crippen LogP contribution < -0.4 is 5.32 Å². The zero-order valence-electron chi connectivity index (χ0n) is 11.7. The van der Waals surface area contributed by atoms with Crippen LogP contribution in [0.3, 0.4) is 0 Å². The van der Waals surface area contributed by atoms with Crippen LogP contribution >= 0.6 is 11.6 Å². The van der Waals surface area contributed by atoms with E-state index >= 15 is 0 Å². The highest BCUT2D eigenvalue weighted by Crippen LogP contribution is 2.25. The normalized spacial score (nSPS) is 13.7. The molecule has 0 heterocycles. The average Bonchev–Trinajstić information content (AvgIpc) is 2.24. The minimum absolute atomic E-state index is 0.211. The van der Waals surface area contributed by atoms with Crippen molar-refractivity contribution >= 4 is 11.6 Å². The molecule has 1 N–H and O–H groups in total. The van der Waals surface area contributed by atoms with Crippen molar-refractivity contribution < 1.29 is 4.39 Å². The van der Waals surface area contributed by atoms with Gasteiger partial charge in [0.15, 0.2) is 0 Å². The van der Waals surface area contributed by atoms with Gasteiger partial charge in [-0.05, 0) is 42.5 Å². The summed E-state index contributed by atoms with van der Waals surface area (Å²) in [5.74, 6) is -0.275. The molecule has 1 atom stereocenters. The SMILES string of the molecule is CCNC(CCc1ccc(F)cc1Cl)C(C)(C)C. The highest BCUT2D eigenvalue weighted by molar-refractivity contribution is 6.31. The molecule has 102 valence electrons. The van der Waals surface area contributed by atoms with Crippen LogP contribution in [0.5, 0.6) is 0 Å². The lowest BCUT2D eigenvalue weighted by Crippen LogP contribution is -2.40. The van der Waals surface area contributed by atoms with Gasteiger partial charge in [-0.15, -0.1) is 0 Å². The number of nitrogens with one attached hydrogen (secondary N) is 1. The Morgan fingerprint density at radius 1 is 1.33 bits per heavy atom. The molecule has 0 saturated carbocycles. The smallest absolute Gasteiger partial charge is 0.124 e. The fraction of sp³-hybridized carbons (Fsp3) is 0.600. The largest absolute Gasteiger partial charge is 0.314 e. The van der Waals surface area contributed by atoms with Gasteiger partial charge in [-0.3, -0.25) is 0 Å². The first kappa shape index (κ1) is 15.5. The third kappa shape index (κ3) is 4.58. The summed E-state index contributed by atoms with van der Waals surface area (Å²) in [6, 6.07) is 5.07. The Balaban J connectivity index is 2.67. The first-order chi connectivity index (χ1) is 8.34. The number of hydrogen-bond donors (Lipinski definition) is 1. The Bertz CT molecular complexity index is 385. The monoisotopic (exact) mass is 271 g/mol. The van der Waals surface area contributed by atoms with Crippen molar-refractivity contribution in [3.05, 3.63) is 34.6 Å². The maximum absolute atomic E-state index is 13.0. The van der Waals surface area contributed by atoms with Crippen LogP contribution in [-0.2, 0) is 6.42 Å². The molecule has 1 aromatic carbocycles. The van der Waals surface area contributed by atoms with Crippen molar-refractivity contribution in [1.82, 2.24) is 5.32 Å². The van der Waals surface area contributed by atoms with Crippen molar-refractivity contribution in [3.8, 4) is 0 Å². The summed E-state index contributed by atoms with van der Waals surface area (Å²) >= 11 is 6.04. The summed E-state index contributed by atoms with van der Waals surface area (Å²) in [6.45, 7) is 9.76. The molecule has 0 spiro atoms. The zero-order chi connectivity index (χ0) is 13.8. The highest BCUT2D eigenvalue weighted by Gasteiger charge is 2.23. The van der Waals surface area contributed by atoms with Gasteiger partial charge < -0.3 is 5.32 Å². The second kappa shape index (κ2) is 6.53. The Hall–Kier alpha value is -0.600. The molecular weight excluding hydrogens is 249 g/mol. The number of aryl methyl sites for hydroxylation is 1. The molecule has 0 aromatic heterocycles. The van der Waals surface area contributed by atoms with Gasteiger partial charge in [0.25, 0.3) is 0 Å². The van der Waals surface area contributed by atoms with Gasteiger partial charge in [-0.2, -0.15) is 0 Å². The van der Waals surface area contributed by atoms with Crippen molar-refractivity contribution in [2.24, 2.45) is 5.41 Å². The third-order valence-electron chi connectivity index (χ3n) is 3.21. The molecule has 0 fully saturated rings. The Labute approximate surface area is 115 Å². The van der Waals surface area contributed by atoms with E-state index < -0.39 is 0 Å². The summed E-state index contributed by atoms with van der Waals surface area (Å²) in [4.78, 5) is 0. The molecule has 1 rings (SSSR count). The maximum atomic E-state index is 13.0. The van der Waals surface area contributed by atoms with E-state index in [9.17, 15) is 4.39 Å². The predicted octanol–water partition coefficient (Wildman–Crippen LogP) is 4.44. The summed E-state index contributed by atoms with van der Waals surface area (Å²) in [7, 11) is 0. The molecule has 0 bridgehead atoms. The summed E-state index contributed by atoms with van der Waals surface area (Å²) in [5, 5.41) is 4.03. The molecule has 1 nitrogen and oxygen atoms in total. The standard InChI is InChI=1S/C15H23ClFN/c1-5-18-14(15(2,3)4)9-7-11-6-8-12(17)10-13(11)16/h6,8,10,14,18H,5,7,9H2,1-4H3. The molecule has 1 unspecified atom stereocenters. The molecule has 0 aliphatic rings. The van der Waals surface area contributed by atoms with Crippen LogP contribution in [0.15, 0.2) is 18.2 Å². The number of hydrogen-bond acceptors (Lipinski definition) is 1. The van der Waals surface area contributed by atoms with E-state index in [4.69, 9.17) is 11.6 Å². The van der Waals surface area contributed by atoms with Crippen LogP contribution in [0.4, 0.5) is 4.39 Å². The Kier molecular flexibility index (Phi) is 5.61. The maximum Gasteiger partial charge on any atom is 0.124 e. The molecular formula is C15H23ClFN. The zero-order valence-corrected chi connectivity index (χ0v) is 12.4. The van der Waals surface area contributed by atoms with Crippen LogP contribution in [0.25, 0.3) is 0 Å². The minimum atomic E-state index is -0.275. The second-order valence-electron chi connectivity index (χ2n) is 5.75. The van der Waals surface area contributed by atoms with E-state index in [2.05, 4.69) is 33.0 Å². The van der Waals surface area contributed by atoms with Gasteiger partial charge in [0.05, 0.1) is 0 Å². The quantitative estimate of drug-likeness (QED) is 0.835. The average molecular weight is 272 g/mol. The lowest BCUT2D eigenvalue weighted by Gasteiger charge is -2.31. The molecule has 0 radical (unpaired) electrons. The number of benzene rings is 1. The van der Waals surface area contributed by atoms with Gasteiger partial charge in [-0.1, -0.05) is 45.4 Å². The van der Waals surface area contributed by atoms with E-state index in [0.29, 0.717) is 11.1 Å². The van der Waals surface area contributed by atoms with Crippen LogP contribution in [0.1, 0.15) is 39.7 Å². The van der Waals surface area contributed by atoms with E-state index in [1.165, 1.54) is 12.1 Å². The van der Waals surface area contributed by atoms with Crippen molar-refractivity contribution in [2.45, 2.75) is 46.6 Å². The highest BCUT2D eigenvalue weighted by atomic mass is 35.5. The molecule has 0 aliphatic carbocycles. The van der Waals surface area contributed by atoms with E-state index in [0.717, 1.165) is 24.9 Å². The van der Waals surface area contributed by atoms with E-state index in [-0.39, 0.29) is 11.2 Å². The summed E-state index contributed by atoms with van der Waals surface area (Å²) < 4.78 is 13.0. The lowest BCUT2D eigenvalue weighted by atomic mass is 9.83. The second-order valence-corrected chi connectivity index (χ2v) is 6.16. The first-order valence-electron chi connectivity index (χ1n) is 6.52. The van der Waals surface area contributed by atoms with Gasteiger partial charge in [0.2, 0.25) is 0 Å². The van der Waals surface area contributed by atoms with Crippen LogP contribution in [0, 0.1) is 11.2 Å². The fourth-order valence-corrected chi connectivity index (χ4v) is 2.37. The Morgan fingerprint density at radius 2 is 2.00 bits per heavy atom. The van der Waals surface area contributed by atoms with Gasteiger partial charge in [0, 0.05) is 11.1 Å². The minimum Gasteiger partial charge on any atom is -0.314 e. The summed E-state index contributed by atoms with van der Waals surface area (Å²) in [5.41, 5.74) is 1.23.